The molecule has 116 valence electrons. The number of aryl methyl sites for hydroxylation is 1. The van der Waals surface area contributed by atoms with E-state index in [9.17, 15) is 9.59 Å². The second-order valence-corrected chi connectivity index (χ2v) is 5.19. The third kappa shape index (κ3) is 3.55. The molecule has 1 aromatic rings. The van der Waals surface area contributed by atoms with Gasteiger partial charge in [0.05, 0.1) is 6.04 Å². The van der Waals surface area contributed by atoms with Crippen molar-refractivity contribution in [3.05, 3.63) is 59.8 Å². The van der Waals surface area contributed by atoms with Crippen LogP contribution in [0.4, 0.5) is 4.79 Å². The topological polar surface area (TPSA) is 67.4 Å². The van der Waals surface area contributed by atoms with Crippen LogP contribution < -0.4 is 10.6 Å². The van der Waals surface area contributed by atoms with Gasteiger partial charge in [-0.05, 0) is 19.4 Å². The minimum absolute atomic E-state index is 0.202. The van der Waals surface area contributed by atoms with Crippen molar-refractivity contribution in [3.8, 4) is 0 Å². The largest absolute Gasteiger partial charge is 0.461 e. The smallest absolute Gasteiger partial charge is 0.319 e. The van der Waals surface area contributed by atoms with Crippen LogP contribution in [0.1, 0.15) is 24.1 Å². The molecule has 0 bridgehead atoms. The van der Waals surface area contributed by atoms with Gasteiger partial charge in [-0.2, -0.15) is 0 Å². The van der Waals surface area contributed by atoms with Crippen LogP contribution in [0.2, 0.25) is 0 Å². The standard InChI is InChI=1S/C17H20N2O3/c1-4-5-10-22-16(20)14-12(3)18-17(21)19-15(14)13-8-6-11(2)7-9-13/h4-9,14-15H,3,10H2,1-2H3,(H2,18,19,21)/b5-4-/t14-,15+/m1/s1. The van der Waals surface area contributed by atoms with E-state index < -0.39 is 17.9 Å². The molecular weight excluding hydrogens is 280 g/mol. The van der Waals surface area contributed by atoms with E-state index in [1.165, 1.54) is 0 Å². The lowest BCUT2D eigenvalue weighted by Gasteiger charge is -2.33. The second kappa shape index (κ2) is 6.93. The lowest BCUT2D eigenvalue weighted by molar-refractivity contribution is -0.147. The maximum atomic E-state index is 12.3. The number of ether oxygens (including phenoxy) is 1. The van der Waals surface area contributed by atoms with E-state index in [1.807, 2.05) is 38.1 Å². The van der Waals surface area contributed by atoms with Crippen molar-refractivity contribution in [1.82, 2.24) is 10.6 Å². The predicted octanol–water partition coefficient (Wildman–Crippen LogP) is 2.60. The summed E-state index contributed by atoms with van der Waals surface area (Å²) >= 11 is 0. The van der Waals surface area contributed by atoms with Crippen LogP contribution in [-0.2, 0) is 9.53 Å². The molecule has 0 spiro atoms. The van der Waals surface area contributed by atoms with Crippen LogP contribution in [0.5, 0.6) is 0 Å². The van der Waals surface area contributed by atoms with Crippen molar-refractivity contribution in [2.75, 3.05) is 6.61 Å². The van der Waals surface area contributed by atoms with Gasteiger partial charge in [0.15, 0.2) is 0 Å². The molecule has 1 heterocycles. The minimum atomic E-state index is -0.661. The van der Waals surface area contributed by atoms with E-state index in [0.717, 1.165) is 11.1 Å². The third-order valence-electron chi connectivity index (χ3n) is 3.52. The zero-order chi connectivity index (χ0) is 16.1. The highest BCUT2D eigenvalue weighted by Gasteiger charge is 2.38. The molecule has 1 aromatic carbocycles. The fourth-order valence-electron chi connectivity index (χ4n) is 2.33. The van der Waals surface area contributed by atoms with E-state index in [-0.39, 0.29) is 12.6 Å². The molecule has 22 heavy (non-hydrogen) atoms. The first-order valence-corrected chi connectivity index (χ1v) is 7.13. The summed E-state index contributed by atoms with van der Waals surface area (Å²) in [7, 11) is 0. The van der Waals surface area contributed by atoms with Crippen molar-refractivity contribution >= 4 is 12.0 Å². The van der Waals surface area contributed by atoms with Crippen molar-refractivity contribution in [2.24, 2.45) is 5.92 Å². The number of benzene rings is 1. The van der Waals surface area contributed by atoms with Crippen molar-refractivity contribution < 1.29 is 14.3 Å². The Kier molecular flexibility index (Phi) is 4.99. The number of hydrogen-bond donors (Lipinski definition) is 2. The maximum absolute atomic E-state index is 12.3. The molecule has 2 rings (SSSR count). The number of carbonyl (C=O) groups excluding carboxylic acids is 2. The Labute approximate surface area is 130 Å². The number of esters is 1. The number of amides is 2. The van der Waals surface area contributed by atoms with Crippen LogP contribution in [-0.4, -0.2) is 18.6 Å². The van der Waals surface area contributed by atoms with Crippen molar-refractivity contribution in [2.45, 2.75) is 19.9 Å². The summed E-state index contributed by atoms with van der Waals surface area (Å²) in [6.07, 6.45) is 3.55. The van der Waals surface area contributed by atoms with E-state index >= 15 is 0 Å². The molecule has 0 saturated carbocycles. The number of urea groups is 1. The van der Waals surface area contributed by atoms with Gasteiger partial charge < -0.3 is 15.4 Å². The van der Waals surface area contributed by atoms with E-state index in [2.05, 4.69) is 17.2 Å². The minimum Gasteiger partial charge on any atom is -0.461 e. The molecule has 1 aliphatic rings. The summed E-state index contributed by atoms with van der Waals surface area (Å²) in [6.45, 7) is 7.83. The number of rotatable bonds is 4. The Hall–Kier alpha value is -2.56. The van der Waals surface area contributed by atoms with Gasteiger partial charge in [-0.25, -0.2) is 4.79 Å². The predicted molar refractivity (Wildman–Crippen MR) is 84.0 cm³/mol. The molecule has 0 radical (unpaired) electrons. The summed E-state index contributed by atoms with van der Waals surface area (Å²) in [6, 6.07) is 6.81. The normalized spacial score (nSPS) is 21.4. The fraction of sp³-hybridized carbons (Fsp3) is 0.294. The first-order chi connectivity index (χ1) is 10.5. The second-order valence-electron chi connectivity index (χ2n) is 5.19. The molecule has 5 nitrogen and oxygen atoms in total. The Morgan fingerprint density at radius 1 is 1.36 bits per heavy atom. The van der Waals surface area contributed by atoms with Gasteiger partial charge in [0, 0.05) is 5.70 Å². The van der Waals surface area contributed by atoms with Gasteiger partial charge >= 0.3 is 12.0 Å². The summed E-state index contributed by atoms with van der Waals surface area (Å²) in [4.78, 5) is 24.0. The zero-order valence-electron chi connectivity index (χ0n) is 12.8. The molecule has 1 aliphatic heterocycles. The molecular formula is C17H20N2O3. The van der Waals surface area contributed by atoms with Crippen molar-refractivity contribution in [3.63, 3.8) is 0 Å². The van der Waals surface area contributed by atoms with Gasteiger partial charge in [0.1, 0.15) is 12.5 Å². The highest BCUT2D eigenvalue weighted by Crippen LogP contribution is 2.30. The molecule has 1 saturated heterocycles. The van der Waals surface area contributed by atoms with E-state index in [1.54, 1.807) is 12.2 Å². The van der Waals surface area contributed by atoms with Gasteiger partial charge in [-0.1, -0.05) is 48.6 Å². The average Bonchev–Trinajstić information content (AvgIpc) is 2.47. The van der Waals surface area contributed by atoms with E-state index in [4.69, 9.17) is 4.74 Å². The average molecular weight is 300 g/mol. The lowest BCUT2D eigenvalue weighted by atomic mass is 9.89. The van der Waals surface area contributed by atoms with Crippen LogP contribution >= 0.6 is 0 Å². The number of allylic oxidation sites excluding steroid dienone is 1. The number of carbonyl (C=O) groups is 2. The number of hydrogen-bond acceptors (Lipinski definition) is 3. The van der Waals surface area contributed by atoms with Crippen LogP contribution in [0.3, 0.4) is 0 Å². The maximum Gasteiger partial charge on any atom is 0.319 e. The molecule has 0 unspecified atom stereocenters. The molecule has 0 aromatic heterocycles. The van der Waals surface area contributed by atoms with Gasteiger partial charge in [0.25, 0.3) is 0 Å². The summed E-state index contributed by atoms with van der Waals surface area (Å²) in [5.74, 6) is -1.08. The van der Waals surface area contributed by atoms with Crippen LogP contribution in [0.15, 0.2) is 48.7 Å². The fourth-order valence-corrected chi connectivity index (χ4v) is 2.33. The van der Waals surface area contributed by atoms with Crippen LogP contribution in [0, 0.1) is 12.8 Å². The molecule has 1 fully saturated rings. The summed E-state index contributed by atoms with van der Waals surface area (Å²) in [5, 5.41) is 5.32. The highest BCUT2D eigenvalue weighted by molar-refractivity contribution is 5.85. The van der Waals surface area contributed by atoms with E-state index in [0.29, 0.717) is 5.70 Å². The molecule has 2 N–H and O–H groups in total. The molecule has 2 atom stereocenters. The summed E-state index contributed by atoms with van der Waals surface area (Å²) < 4.78 is 5.23. The Balaban J connectivity index is 2.25. The lowest BCUT2D eigenvalue weighted by Crippen LogP contribution is -2.51. The molecule has 5 heteroatoms. The number of nitrogens with one attached hydrogen (secondary N) is 2. The Morgan fingerprint density at radius 2 is 2.05 bits per heavy atom. The Bertz CT molecular complexity index is 605. The van der Waals surface area contributed by atoms with Gasteiger partial charge in [-0.3, -0.25) is 4.79 Å². The monoisotopic (exact) mass is 300 g/mol. The van der Waals surface area contributed by atoms with Gasteiger partial charge in [-0.15, -0.1) is 0 Å². The zero-order valence-corrected chi connectivity index (χ0v) is 12.8. The van der Waals surface area contributed by atoms with Crippen molar-refractivity contribution in [1.29, 1.82) is 0 Å². The third-order valence-corrected chi connectivity index (χ3v) is 3.52. The molecule has 0 aliphatic carbocycles. The molecule has 2 amide bonds. The van der Waals surface area contributed by atoms with Gasteiger partial charge in [0.2, 0.25) is 0 Å². The quantitative estimate of drug-likeness (QED) is 0.663. The SMILES string of the molecule is C=C1NC(=O)N[C@@H](c2ccc(C)cc2)[C@@H]1C(=O)OC/C=C\C. The summed E-state index contributed by atoms with van der Waals surface area (Å²) in [5.41, 5.74) is 2.30. The highest BCUT2D eigenvalue weighted by atomic mass is 16.5. The first-order valence-electron chi connectivity index (χ1n) is 7.13. The first kappa shape index (κ1) is 15.8. The van der Waals surface area contributed by atoms with Crippen LogP contribution in [0.25, 0.3) is 0 Å². The Morgan fingerprint density at radius 3 is 2.68 bits per heavy atom.